The molecule has 0 radical (unpaired) electrons. The van der Waals surface area contributed by atoms with Gasteiger partial charge < -0.3 is 9.47 Å². The van der Waals surface area contributed by atoms with Crippen LogP contribution in [0.15, 0.2) is 20.1 Å². The first-order valence-corrected chi connectivity index (χ1v) is 5.63. The quantitative estimate of drug-likeness (QED) is 0.546. The van der Waals surface area contributed by atoms with E-state index >= 15 is 0 Å². The van der Waals surface area contributed by atoms with Crippen LogP contribution in [0.5, 0.6) is 0 Å². The highest BCUT2D eigenvalue weighted by Crippen LogP contribution is 2.49. The van der Waals surface area contributed by atoms with Gasteiger partial charge in [-0.3, -0.25) is 0 Å². The zero-order valence-corrected chi connectivity index (χ0v) is 10.1. The molecule has 16 heavy (non-hydrogen) atoms. The van der Waals surface area contributed by atoms with Crippen LogP contribution in [0.25, 0.3) is 0 Å². The molecular formula is C9H7NO4S2. The number of ether oxygens (including phenoxy) is 2. The lowest BCUT2D eigenvalue weighted by Gasteiger charge is -2.00. The molecule has 0 saturated heterocycles. The fraction of sp³-hybridized carbons (Fsp3) is 0.222. The number of carbonyl (C=O) groups is 2. The van der Waals surface area contributed by atoms with Gasteiger partial charge in [-0.05, 0) is 0 Å². The maximum atomic E-state index is 11.4. The summed E-state index contributed by atoms with van der Waals surface area (Å²) in [6, 6.07) is 1.83. The minimum absolute atomic E-state index is 0.154. The van der Waals surface area contributed by atoms with Gasteiger partial charge in [0.2, 0.25) is 0 Å². The summed E-state index contributed by atoms with van der Waals surface area (Å²) in [4.78, 5) is 23.0. The maximum absolute atomic E-state index is 11.4. The minimum Gasteiger partial charge on any atom is -0.465 e. The molecule has 5 nitrogen and oxygen atoms in total. The molecule has 0 aromatic rings. The van der Waals surface area contributed by atoms with Gasteiger partial charge in [0.25, 0.3) is 0 Å². The van der Waals surface area contributed by atoms with Crippen LogP contribution in [0, 0.1) is 11.3 Å². The molecule has 0 saturated carbocycles. The highest BCUT2D eigenvalue weighted by molar-refractivity contribution is 8.29. The number of thioether (sulfide) groups is 2. The molecule has 0 spiro atoms. The molecule has 1 aliphatic heterocycles. The molecule has 0 N–H and O–H groups in total. The molecule has 84 valence electrons. The first kappa shape index (κ1) is 12.7. The van der Waals surface area contributed by atoms with E-state index < -0.39 is 11.9 Å². The monoisotopic (exact) mass is 257 g/mol. The number of carbonyl (C=O) groups excluding carboxylic acids is 2. The molecule has 0 amide bonds. The van der Waals surface area contributed by atoms with E-state index in [4.69, 9.17) is 5.26 Å². The minimum atomic E-state index is -0.612. The summed E-state index contributed by atoms with van der Waals surface area (Å²) in [6.45, 7) is 0. The second-order valence-electron chi connectivity index (χ2n) is 2.44. The molecule has 1 aliphatic rings. The molecular weight excluding hydrogens is 250 g/mol. The van der Waals surface area contributed by atoms with E-state index in [1.165, 1.54) is 20.3 Å². The van der Waals surface area contributed by atoms with Crippen LogP contribution < -0.4 is 0 Å². The predicted octanol–water partition coefficient (Wildman–Crippen LogP) is 1.39. The molecule has 7 heteroatoms. The average molecular weight is 257 g/mol. The van der Waals surface area contributed by atoms with Crippen molar-refractivity contribution >= 4 is 35.5 Å². The van der Waals surface area contributed by atoms with Gasteiger partial charge in [-0.25, -0.2) is 9.59 Å². The SMILES string of the molecule is COC(=O)C1=C(C(=O)OC)SC(=CC#N)S1. The Morgan fingerprint density at radius 2 is 1.62 bits per heavy atom. The number of nitriles is 1. The van der Waals surface area contributed by atoms with Crippen molar-refractivity contribution in [2.24, 2.45) is 0 Å². The van der Waals surface area contributed by atoms with E-state index in [2.05, 4.69) is 9.47 Å². The van der Waals surface area contributed by atoms with Crippen molar-refractivity contribution in [1.82, 2.24) is 0 Å². The van der Waals surface area contributed by atoms with E-state index in [9.17, 15) is 9.59 Å². The standard InChI is InChI=1S/C9H7NO4S2/c1-13-8(11)6-7(9(12)14-2)16-5(15-6)3-4-10/h3H,1-2H3. The van der Waals surface area contributed by atoms with Crippen molar-refractivity contribution < 1.29 is 19.1 Å². The molecule has 1 heterocycles. The van der Waals surface area contributed by atoms with E-state index in [1.54, 1.807) is 0 Å². The summed E-state index contributed by atoms with van der Waals surface area (Å²) >= 11 is 2.05. The van der Waals surface area contributed by atoms with Crippen molar-refractivity contribution in [3.63, 3.8) is 0 Å². The fourth-order valence-corrected chi connectivity index (χ4v) is 3.11. The maximum Gasteiger partial charge on any atom is 0.346 e. The van der Waals surface area contributed by atoms with Crippen LogP contribution in [-0.4, -0.2) is 26.2 Å². The smallest absolute Gasteiger partial charge is 0.346 e. The van der Waals surface area contributed by atoms with Gasteiger partial charge in [-0.15, -0.1) is 0 Å². The van der Waals surface area contributed by atoms with Crippen molar-refractivity contribution in [3.8, 4) is 6.07 Å². The highest BCUT2D eigenvalue weighted by atomic mass is 32.2. The zero-order valence-electron chi connectivity index (χ0n) is 8.47. The Kier molecular flexibility index (Phi) is 4.46. The number of allylic oxidation sites excluding steroid dienone is 1. The first-order chi connectivity index (χ1) is 7.63. The van der Waals surface area contributed by atoms with Crippen LogP contribution in [0.3, 0.4) is 0 Å². The molecule has 0 aliphatic carbocycles. The predicted molar refractivity (Wildman–Crippen MR) is 59.9 cm³/mol. The summed E-state index contributed by atoms with van der Waals surface area (Å²) in [6.07, 6.45) is 1.26. The summed E-state index contributed by atoms with van der Waals surface area (Å²) in [5.41, 5.74) is 0. The summed E-state index contributed by atoms with van der Waals surface area (Å²) in [5, 5.41) is 8.49. The van der Waals surface area contributed by atoms with E-state index in [0.717, 1.165) is 23.5 Å². The van der Waals surface area contributed by atoms with Gasteiger partial charge in [0, 0.05) is 6.08 Å². The normalized spacial score (nSPS) is 14.4. The third-order valence-corrected chi connectivity index (χ3v) is 3.95. The van der Waals surface area contributed by atoms with Crippen LogP contribution in [-0.2, 0) is 19.1 Å². The van der Waals surface area contributed by atoms with Crippen LogP contribution in [0.4, 0.5) is 0 Å². The number of rotatable bonds is 2. The molecule has 0 bridgehead atoms. The number of esters is 2. The first-order valence-electron chi connectivity index (χ1n) is 4.00. The Morgan fingerprint density at radius 1 is 1.19 bits per heavy atom. The number of hydrogen-bond acceptors (Lipinski definition) is 7. The van der Waals surface area contributed by atoms with Crippen molar-refractivity contribution in [1.29, 1.82) is 5.26 Å². The molecule has 0 aromatic heterocycles. The van der Waals surface area contributed by atoms with Gasteiger partial charge in [0.1, 0.15) is 9.81 Å². The molecule has 1 rings (SSSR count). The van der Waals surface area contributed by atoms with E-state index in [1.807, 2.05) is 6.07 Å². The second-order valence-corrected chi connectivity index (χ2v) is 4.80. The molecule has 0 atom stereocenters. The molecule has 0 unspecified atom stereocenters. The van der Waals surface area contributed by atoms with Crippen molar-refractivity contribution in [2.45, 2.75) is 0 Å². The topological polar surface area (TPSA) is 76.4 Å². The Labute approximate surface area is 100 Å². The van der Waals surface area contributed by atoms with Gasteiger partial charge >= 0.3 is 11.9 Å². The Balaban J connectivity index is 3.04. The average Bonchev–Trinajstić information content (AvgIpc) is 2.71. The number of nitrogens with zero attached hydrogens (tertiary/aromatic N) is 1. The molecule has 0 aromatic carbocycles. The van der Waals surface area contributed by atoms with Gasteiger partial charge in [-0.1, -0.05) is 23.5 Å². The Bertz CT molecular complexity index is 403. The van der Waals surface area contributed by atoms with E-state index in [-0.39, 0.29) is 9.81 Å². The van der Waals surface area contributed by atoms with Gasteiger partial charge in [-0.2, -0.15) is 5.26 Å². The Hall–Kier alpha value is -1.39. The van der Waals surface area contributed by atoms with Crippen LogP contribution in [0.2, 0.25) is 0 Å². The van der Waals surface area contributed by atoms with Crippen LogP contribution in [0.1, 0.15) is 0 Å². The third-order valence-electron chi connectivity index (χ3n) is 1.54. The van der Waals surface area contributed by atoms with Crippen molar-refractivity contribution in [3.05, 3.63) is 20.1 Å². The third kappa shape index (κ3) is 2.59. The second kappa shape index (κ2) is 5.63. The van der Waals surface area contributed by atoms with E-state index in [0.29, 0.717) is 4.24 Å². The Morgan fingerprint density at radius 3 is 1.94 bits per heavy atom. The number of methoxy groups -OCH3 is 2. The number of hydrogen-bond donors (Lipinski definition) is 0. The zero-order chi connectivity index (χ0) is 12.1. The van der Waals surface area contributed by atoms with Crippen LogP contribution >= 0.6 is 23.5 Å². The summed E-state index contributed by atoms with van der Waals surface area (Å²) < 4.78 is 9.62. The van der Waals surface area contributed by atoms with Gasteiger partial charge in [0.05, 0.1) is 24.5 Å². The fourth-order valence-electron chi connectivity index (χ4n) is 0.880. The van der Waals surface area contributed by atoms with Crippen molar-refractivity contribution in [2.75, 3.05) is 14.2 Å². The summed E-state index contributed by atoms with van der Waals surface area (Å²) in [5.74, 6) is -1.22. The highest BCUT2D eigenvalue weighted by Gasteiger charge is 2.32. The lowest BCUT2D eigenvalue weighted by molar-refractivity contribution is -0.138. The summed E-state index contributed by atoms with van der Waals surface area (Å²) in [7, 11) is 2.45. The van der Waals surface area contributed by atoms with Gasteiger partial charge in [0.15, 0.2) is 0 Å². The molecule has 0 fully saturated rings. The largest absolute Gasteiger partial charge is 0.465 e. The lowest BCUT2D eigenvalue weighted by Crippen LogP contribution is -2.08. The lowest BCUT2D eigenvalue weighted by atomic mass is 10.5.